The van der Waals surface area contributed by atoms with E-state index in [2.05, 4.69) is 17.4 Å². The number of benzene rings is 1. The first-order chi connectivity index (χ1) is 18.3. The number of carbonyl (C=O) groups is 3. The lowest BCUT2D eigenvalue weighted by atomic mass is 9.95. The molecule has 0 spiro atoms. The van der Waals surface area contributed by atoms with Crippen LogP contribution in [0.4, 0.5) is 4.79 Å². The number of hydrogen-bond acceptors (Lipinski definition) is 5. The zero-order valence-corrected chi connectivity index (χ0v) is 23.1. The zero-order valence-electron chi connectivity index (χ0n) is 22.4. The van der Waals surface area contributed by atoms with Crippen molar-refractivity contribution < 1.29 is 19.1 Å². The first-order valence-electron chi connectivity index (χ1n) is 13.2. The Kier molecular flexibility index (Phi) is 9.33. The van der Waals surface area contributed by atoms with Crippen molar-refractivity contribution in [2.24, 2.45) is 11.8 Å². The number of urea groups is 1. The minimum absolute atomic E-state index is 0.0139. The van der Waals surface area contributed by atoms with E-state index in [4.69, 9.17) is 16.3 Å². The van der Waals surface area contributed by atoms with Gasteiger partial charge in [-0.3, -0.25) is 9.59 Å². The minimum Gasteiger partial charge on any atom is -0.497 e. The highest BCUT2D eigenvalue weighted by Crippen LogP contribution is 2.30. The molecule has 4 amide bonds. The van der Waals surface area contributed by atoms with Gasteiger partial charge in [-0.2, -0.15) is 0 Å². The third-order valence-corrected chi connectivity index (χ3v) is 7.99. The maximum Gasteiger partial charge on any atom is 0.333 e. The third kappa shape index (κ3) is 6.15. The highest BCUT2D eigenvalue weighted by molar-refractivity contribution is 6.18. The molecule has 1 N–H and O–H groups in total. The molecule has 4 atom stereocenters. The Hall–Kier alpha value is -3.04. The fourth-order valence-corrected chi connectivity index (χ4v) is 5.59. The summed E-state index contributed by atoms with van der Waals surface area (Å²) in [4.78, 5) is 43.8. The van der Waals surface area contributed by atoms with Gasteiger partial charge in [-0.25, -0.2) is 14.8 Å². The largest absolute Gasteiger partial charge is 0.497 e. The molecule has 38 heavy (non-hydrogen) atoms. The summed E-state index contributed by atoms with van der Waals surface area (Å²) in [6.45, 7) is 3.15. The van der Waals surface area contributed by atoms with E-state index >= 15 is 0 Å². The van der Waals surface area contributed by atoms with Crippen LogP contribution in [-0.2, 0) is 20.7 Å². The van der Waals surface area contributed by atoms with E-state index in [0.29, 0.717) is 13.1 Å². The lowest BCUT2D eigenvalue weighted by molar-refractivity contribution is -0.189. The molecular weight excluding hydrogens is 506 g/mol. The van der Waals surface area contributed by atoms with Crippen molar-refractivity contribution in [3.05, 3.63) is 59.9 Å². The number of amides is 4. The van der Waals surface area contributed by atoms with E-state index in [1.807, 2.05) is 43.4 Å². The number of fused-ring (bicyclic) bond motifs is 1. The van der Waals surface area contributed by atoms with Gasteiger partial charge in [-0.15, -0.1) is 11.6 Å². The van der Waals surface area contributed by atoms with E-state index < -0.39 is 12.2 Å². The smallest absolute Gasteiger partial charge is 0.333 e. The van der Waals surface area contributed by atoms with Gasteiger partial charge in [-0.05, 0) is 48.8 Å². The summed E-state index contributed by atoms with van der Waals surface area (Å²) in [5.41, 5.74) is 1.21. The van der Waals surface area contributed by atoms with Crippen LogP contribution in [0.1, 0.15) is 25.3 Å². The highest BCUT2D eigenvalue weighted by atomic mass is 35.5. The van der Waals surface area contributed by atoms with Gasteiger partial charge in [0.1, 0.15) is 18.0 Å². The van der Waals surface area contributed by atoms with Crippen LogP contribution in [0.5, 0.6) is 0 Å². The molecule has 0 radical (unpaired) electrons. The fraction of sp³-hybridized carbons (Fsp3) is 0.536. The van der Waals surface area contributed by atoms with Crippen LogP contribution in [-0.4, -0.2) is 96.1 Å². The molecule has 3 aliphatic rings. The number of allylic oxidation sites excluding steroid dienone is 2. The molecular formula is C28H38ClN5O4. The molecule has 4 rings (SSSR count). The number of carbonyl (C=O) groups excluding carboxylic acids is 3. The number of aryl methyl sites for hydroxylation is 1. The van der Waals surface area contributed by atoms with Crippen LogP contribution in [0.25, 0.3) is 0 Å². The van der Waals surface area contributed by atoms with Gasteiger partial charge in [0.15, 0.2) is 0 Å². The molecule has 0 bridgehead atoms. The molecule has 2 fully saturated rings. The number of alkyl halides is 1. The molecule has 2 aliphatic heterocycles. The normalized spacial score (nSPS) is 24.7. The van der Waals surface area contributed by atoms with Gasteiger partial charge >= 0.3 is 6.03 Å². The molecule has 10 heteroatoms. The van der Waals surface area contributed by atoms with Crippen molar-refractivity contribution in [3.63, 3.8) is 0 Å². The van der Waals surface area contributed by atoms with Crippen molar-refractivity contribution in [1.82, 2.24) is 25.1 Å². The van der Waals surface area contributed by atoms with Crippen molar-refractivity contribution >= 4 is 29.4 Å². The van der Waals surface area contributed by atoms with Crippen molar-refractivity contribution in [2.45, 2.75) is 38.4 Å². The van der Waals surface area contributed by atoms with Crippen molar-refractivity contribution in [3.8, 4) is 0 Å². The average molecular weight is 544 g/mol. The lowest BCUT2D eigenvalue weighted by Gasteiger charge is -2.55. The molecule has 2 saturated heterocycles. The summed E-state index contributed by atoms with van der Waals surface area (Å²) in [5.74, 6) is 0.669. The van der Waals surface area contributed by atoms with Crippen molar-refractivity contribution in [2.75, 3.05) is 46.2 Å². The lowest BCUT2D eigenvalue weighted by Crippen LogP contribution is -2.77. The summed E-state index contributed by atoms with van der Waals surface area (Å²) in [5, 5.41) is 6.28. The fourth-order valence-electron chi connectivity index (χ4n) is 5.42. The summed E-state index contributed by atoms with van der Waals surface area (Å²) in [7, 11) is 3.37. The quantitative estimate of drug-likeness (QED) is 0.484. The molecule has 2 heterocycles. The van der Waals surface area contributed by atoms with Gasteiger partial charge in [0.25, 0.3) is 0 Å². The van der Waals surface area contributed by atoms with Crippen molar-refractivity contribution in [1.29, 1.82) is 0 Å². The van der Waals surface area contributed by atoms with E-state index in [0.717, 1.165) is 25.0 Å². The second kappa shape index (κ2) is 12.7. The predicted molar refractivity (Wildman–Crippen MR) is 146 cm³/mol. The topological polar surface area (TPSA) is 85.4 Å². The average Bonchev–Trinajstić information content (AvgIpc) is 2.93. The standard InChI is InChI=1S/C28H38ClN5O4/c1-20(16-29)26-27(36)32(15-7-10-21-8-5-4-6-9-21)18-24-33(26)25(35)19-31(2)34(24)28(37)30-17-22-11-13-23(38-3)14-12-22/h4-6,8-9,11,13-14,20,22,24,26H,7,10,12,15-19H2,1-3H3,(H,30,37)/t20?,22?,24-,26-/m0/s1. The van der Waals surface area contributed by atoms with Gasteiger partial charge < -0.3 is 19.9 Å². The van der Waals surface area contributed by atoms with Crippen LogP contribution in [0.2, 0.25) is 0 Å². The van der Waals surface area contributed by atoms with Gasteiger partial charge in [0.05, 0.1) is 20.2 Å². The number of hydrazine groups is 1. The zero-order chi connectivity index (χ0) is 27.2. The molecule has 0 aromatic heterocycles. The maximum atomic E-state index is 13.6. The van der Waals surface area contributed by atoms with Gasteiger partial charge in [-0.1, -0.05) is 43.3 Å². The molecule has 2 unspecified atom stereocenters. The third-order valence-electron chi connectivity index (χ3n) is 7.50. The second-order valence-corrected chi connectivity index (χ2v) is 10.6. The number of rotatable bonds is 9. The number of hydrogen-bond donors (Lipinski definition) is 1. The second-order valence-electron chi connectivity index (χ2n) is 10.2. The van der Waals surface area contributed by atoms with Crippen LogP contribution in [0.15, 0.2) is 54.3 Å². The number of nitrogens with zero attached hydrogens (tertiary/aromatic N) is 4. The highest BCUT2D eigenvalue weighted by Gasteiger charge is 2.51. The van der Waals surface area contributed by atoms with Crippen LogP contribution < -0.4 is 5.32 Å². The number of nitrogens with one attached hydrogen (secondary N) is 1. The first-order valence-corrected chi connectivity index (χ1v) is 13.8. The number of likely N-dealkylation sites (N-methyl/N-ethyl adjacent to an activating group) is 1. The van der Waals surface area contributed by atoms with E-state index in [9.17, 15) is 14.4 Å². The van der Waals surface area contributed by atoms with E-state index in [1.165, 1.54) is 5.56 Å². The summed E-state index contributed by atoms with van der Waals surface area (Å²) >= 11 is 6.21. The van der Waals surface area contributed by atoms with E-state index in [-0.39, 0.29) is 48.7 Å². The SMILES string of the molecule is COC1=CCC(CNC(=O)N2[C@H]3CN(CCCc4ccccc4)C(=O)[C@H](C(C)CCl)N3C(=O)CN2C)C=C1. The van der Waals surface area contributed by atoms with Gasteiger partial charge in [0.2, 0.25) is 11.8 Å². The Balaban J connectivity index is 1.49. The number of ether oxygens (including phenoxy) is 1. The molecule has 9 nitrogen and oxygen atoms in total. The predicted octanol–water partition coefficient (Wildman–Crippen LogP) is 2.84. The van der Waals surface area contributed by atoms with Gasteiger partial charge in [0, 0.05) is 26.0 Å². The molecule has 1 aromatic carbocycles. The Morgan fingerprint density at radius 3 is 2.66 bits per heavy atom. The maximum absolute atomic E-state index is 13.6. The molecule has 206 valence electrons. The van der Waals surface area contributed by atoms with Crippen LogP contribution in [0.3, 0.4) is 0 Å². The van der Waals surface area contributed by atoms with Crippen LogP contribution in [0, 0.1) is 11.8 Å². The summed E-state index contributed by atoms with van der Waals surface area (Å²) in [6, 6.07) is 9.15. The number of piperazine rings is 1. The Bertz CT molecular complexity index is 1060. The van der Waals surface area contributed by atoms with Crippen LogP contribution >= 0.6 is 11.6 Å². The Morgan fingerprint density at radius 1 is 1.24 bits per heavy atom. The number of halogens is 1. The summed E-state index contributed by atoms with van der Waals surface area (Å²) in [6.07, 6.45) is 7.73. The van der Waals surface area contributed by atoms with E-state index in [1.54, 1.807) is 34.0 Å². The Morgan fingerprint density at radius 2 is 2.00 bits per heavy atom. The molecule has 0 saturated carbocycles. The molecule has 1 aliphatic carbocycles. The minimum atomic E-state index is -0.710. The monoisotopic (exact) mass is 543 g/mol. The summed E-state index contributed by atoms with van der Waals surface area (Å²) < 4.78 is 5.25. The first kappa shape index (κ1) is 28.0. The molecule has 1 aromatic rings. The Labute approximate surface area is 230 Å². The number of methoxy groups -OCH3 is 1.